The van der Waals surface area contributed by atoms with Gasteiger partial charge in [0.15, 0.2) is 0 Å². The summed E-state index contributed by atoms with van der Waals surface area (Å²) in [6, 6.07) is 5.05. The maximum atomic E-state index is 13.8. The van der Waals surface area contributed by atoms with Gasteiger partial charge in [-0.2, -0.15) is 11.8 Å². The minimum atomic E-state index is -0.645. The number of esters is 1. The normalized spacial score (nSPS) is 12.5. The van der Waals surface area contributed by atoms with Crippen molar-refractivity contribution in [3.05, 3.63) is 35.1 Å². The number of hydrogen-bond donors (Lipinski definition) is 0. The molecule has 0 heterocycles. The summed E-state index contributed by atoms with van der Waals surface area (Å²) in [6.07, 6.45) is 2.06. The molecule has 0 radical (unpaired) electrons. The molecule has 0 amide bonds. The van der Waals surface area contributed by atoms with Crippen LogP contribution in [0.3, 0.4) is 0 Å². The van der Waals surface area contributed by atoms with Crippen LogP contribution in [0.5, 0.6) is 0 Å². The Bertz CT molecular complexity index is 439. The highest BCUT2D eigenvalue weighted by Crippen LogP contribution is 2.14. The van der Waals surface area contributed by atoms with Gasteiger partial charge in [-0.1, -0.05) is 6.07 Å². The zero-order chi connectivity index (χ0) is 14.4. The number of ether oxygens (including phenoxy) is 1. The molecule has 1 rings (SSSR count). The quantitative estimate of drug-likeness (QED) is 0.752. The first kappa shape index (κ1) is 16.0. The molecule has 0 N–H and O–H groups in total. The number of rotatable bonds is 6. The van der Waals surface area contributed by atoms with Crippen molar-refractivity contribution in [3.8, 4) is 0 Å². The van der Waals surface area contributed by atoms with Crippen molar-refractivity contribution in [1.29, 1.82) is 0 Å². The standard InChI is InChI=1S/C14H20FNO2S/c1-10(9-19-4)16(2)8-11-5-6-12(13(15)7-11)14(17)18-3/h5-7,10H,8-9H2,1-4H3. The van der Waals surface area contributed by atoms with Crippen LogP contribution in [0.25, 0.3) is 0 Å². The molecule has 1 aromatic carbocycles. The number of nitrogens with zero attached hydrogens (tertiary/aromatic N) is 1. The van der Waals surface area contributed by atoms with Crippen molar-refractivity contribution < 1.29 is 13.9 Å². The molecule has 0 fully saturated rings. The molecule has 3 nitrogen and oxygen atoms in total. The van der Waals surface area contributed by atoms with Crippen LogP contribution in [0.2, 0.25) is 0 Å². The highest BCUT2D eigenvalue weighted by molar-refractivity contribution is 7.98. The Hall–Kier alpha value is -1.07. The van der Waals surface area contributed by atoms with Gasteiger partial charge in [-0.25, -0.2) is 9.18 Å². The summed E-state index contributed by atoms with van der Waals surface area (Å²) in [7, 11) is 3.25. The van der Waals surface area contributed by atoms with Crippen molar-refractivity contribution in [3.63, 3.8) is 0 Å². The summed E-state index contributed by atoms with van der Waals surface area (Å²) in [4.78, 5) is 13.4. The number of carbonyl (C=O) groups excluding carboxylic acids is 1. The van der Waals surface area contributed by atoms with Crippen molar-refractivity contribution >= 4 is 17.7 Å². The van der Waals surface area contributed by atoms with Crippen molar-refractivity contribution in [2.24, 2.45) is 0 Å². The number of methoxy groups -OCH3 is 1. The Morgan fingerprint density at radius 3 is 2.74 bits per heavy atom. The summed E-state index contributed by atoms with van der Waals surface area (Å²) in [5.74, 6) is -0.150. The smallest absolute Gasteiger partial charge is 0.340 e. The van der Waals surface area contributed by atoms with Gasteiger partial charge >= 0.3 is 5.97 Å². The first-order valence-electron chi connectivity index (χ1n) is 6.05. The van der Waals surface area contributed by atoms with E-state index < -0.39 is 11.8 Å². The molecule has 1 aromatic rings. The molecule has 0 aromatic heterocycles. The van der Waals surface area contributed by atoms with Crippen LogP contribution >= 0.6 is 11.8 Å². The summed E-state index contributed by atoms with van der Waals surface area (Å²) < 4.78 is 18.3. The molecular formula is C14H20FNO2S. The molecule has 0 saturated heterocycles. The summed E-state index contributed by atoms with van der Waals surface area (Å²) in [5.41, 5.74) is 0.826. The number of halogens is 1. The molecule has 1 atom stereocenters. The lowest BCUT2D eigenvalue weighted by Crippen LogP contribution is -2.30. The van der Waals surface area contributed by atoms with Gasteiger partial charge in [-0.05, 0) is 37.9 Å². The maximum Gasteiger partial charge on any atom is 0.340 e. The minimum absolute atomic E-state index is 0.0222. The monoisotopic (exact) mass is 285 g/mol. The average Bonchev–Trinajstić information content (AvgIpc) is 2.38. The molecule has 1 unspecified atom stereocenters. The number of thioether (sulfide) groups is 1. The van der Waals surface area contributed by atoms with E-state index in [1.54, 1.807) is 17.8 Å². The van der Waals surface area contributed by atoms with Crippen molar-refractivity contribution in [1.82, 2.24) is 4.90 Å². The van der Waals surface area contributed by atoms with Crippen LogP contribution in [0.15, 0.2) is 18.2 Å². The van der Waals surface area contributed by atoms with Gasteiger partial charge in [-0.3, -0.25) is 4.90 Å². The Morgan fingerprint density at radius 1 is 1.53 bits per heavy atom. The predicted octanol–water partition coefficient (Wildman–Crippen LogP) is 2.80. The van der Waals surface area contributed by atoms with Gasteiger partial charge in [-0.15, -0.1) is 0 Å². The van der Waals surface area contributed by atoms with E-state index in [1.165, 1.54) is 19.2 Å². The molecule has 0 aliphatic heterocycles. The lowest BCUT2D eigenvalue weighted by Gasteiger charge is -2.24. The molecule has 0 saturated carbocycles. The van der Waals surface area contributed by atoms with E-state index >= 15 is 0 Å². The molecule has 0 aliphatic rings. The molecule has 0 aliphatic carbocycles. The summed E-state index contributed by atoms with van der Waals surface area (Å²) >= 11 is 1.78. The second kappa shape index (κ2) is 7.50. The topological polar surface area (TPSA) is 29.5 Å². The molecular weight excluding hydrogens is 265 g/mol. The van der Waals surface area contributed by atoms with E-state index in [9.17, 15) is 9.18 Å². The Labute approximate surface area is 118 Å². The predicted molar refractivity (Wildman–Crippen MR) is 77.1 cm³/mol. The lowest BCUT2D eigenvalue weighted by atomic mass is 10.1. The van der Waals surface area contributed by atoms with Gasteiger partial charge in [0, 0.05) is 18.3 Å². The highest BCUT2D eigenvalue weighted by atomic mass is 32.2. The highest BCUT2D eigenvalue weighted by Gasteiger charge is 2.14. The third-order valence-electron chi connectivity index (χ3n) is 3.03. The van der Waals surface area contributed by atoms with Crippen molar-refractivity contribution in [2.45, 2.75) is 19.5 Å². The minimum Gasteiger partial charge on any atom is -0.465 e. The first-order valence-corrected chi connectivity index (χ1v) is 7.45. The van der Waals surface area contributed by atoms with E-state index in [0.717, 1.165) is 11.3 Å². The first-order chi connectivity index (χ1) is 8.99. The van der Waals surface area contributed by atoms with E-state index in [-0.39, 0.29) is 5.56 Å². The zero-order valence-corrected chi connectivity index (χ0v) is 12.6. The van der Waals surface area contributed by atoms with Gasteiger partial charge in [0.2, 0.25) is 0 Å². The second-order valence-corrected chi connectivity index (χ2v) is 5.44. The Morgan fingerprint density at radius 2 is 2.21 bits per heavy atom. The van der Waals surface area contributed by atoms with Gasteiger partial charge < -0.3 is 4.74 Å². The van der Waals surface area contributed by atoms with Crippen LogP contribution in [0, 0.1) is 5.82 Å². The van der Waals surface area contributed by atoms with E-state index in [4.69, 9.17) is 0 Å². The zero-order valence-electron chi connectivity index (χ0n) is 11.8. The van der Waals surface area contributed by atoms with Gasteiger partial charge in [0.1, 0.15) is 5.82 Å². The molecule has 0 spiro atoms. The third kappa shape index (κ3) is 4.51. The second-order valence-electron chi connectivity index (χ2n) is 4.53. The molecule has 19 heavy (non-hydrogen) atoms. The SMILES string of the molecule is COC(=O)c1ccc(CN(C)C(C)CSC)cc1F. The number of carbonyl (C=O) groups is 1. The molecule has 0 bridgehead atoms. The fourth-order valence-electron chi connectivity index (χ4n) is 1.74. The number of benzene rings is 1. The largest absolute Gasteiger partial charge is 0.465 e. The summed E-state index contributed by atoms with van der Waals surface area (Å²) in [5, 5.41) is 0. The van der Waals surface area contributed by atoms with Gasteiger partial charge in [0.25, 0.3) is 0 Å². The van der Waals surface area contributed by atoms with E-state index in [2.05, 4.69) is 22.8 Å². The van der Waals surface area contributed by atoms with Crippen LogP contribution < -0.4 is 0 Å². The fraction of sp³-hybridized carbons (Fsp3) is 0.500. The van der Waals surface area contributed by atoms with Gasteiger partial charge in [0.05, 0.1) is 12.7 Å². The number of hydrogen-bond acceptors (Lipinski definition) is 4. The van der Waals surface area contributed by atoms with Crippen molar-refractivity contribution in [2.75, 3.05) is 26.2 Å². The Balaban J connectivity index is 2.76. The van der Waals surface area contributed by atoms with Crippen LogP contribution in [0.4, 0.5) is 4.39 Å². The summed E-state index contributed by atoms with van der Waals surface area (Å²) in [6.45, 7) is 2.79. The van der Waals surface area contributed by atoms with Crippen LogP contribution in [-0.2, 0) is 11.3 Å². The van der Waals surface area contributed by atoms with Crippen LogP contribution in [0.1, 0.15) is 22.8 Å². The van der Waals surface area contributed by atoms with Crippen LogP contribution in [-0.4, -0.2) is 43.1 Å². The maximum absolute atomic E-state index is 13.8. The fourth-order valence-corrected chi connectivity index (χ4v) is 2.48. The van der Waals surface area contributed by atoms with E-state index in [0.29, 0.717) is 12.6 Å². The van der Waals surface area contributed by atoms with E-state index in [1.807, 2.05) is 7.05 Å². The average molecular weight is 285 g/mol. The molecule has 106 valence electrons. The Kier molecular flexibility index (Phi) is 6.31. The molecule has 5 heteroatoms. The lowest BCUT2D eigenvalue weighted by molar-refractivity contribution is 0.0595. The third-order valence-corrected chi connectivity index (χ3v) is 3.85.